The van der Waals surface area contributed by atoms with E-state index in [0.29, 0.717) is 15.8 Å². The molecule has 0 bridgehead atoms. The average molecular weight is 269 g/mol. The van der Waals surface area contributed by atoms with Gasteiger partial charge in [-0.3, -0.25) is 14.3 Å². The standard InChI is InChI=1S/C14H11N3OS/c1-9-12(7-4-8-15-9)17-13(18)10-5-2-3-6-11(10)16-14(17)19/h2-8H,1H3,(H,16,19). The van der Waals surface area contributed by atoms with Crippen LogP contribution in [0.15, 0.2) is 47.4 Å². The molecule has 0 atom stereocenters. The summed E-state index contributed by atoms with van der Waals surface area (Å²) in [5.74, 6) is 0. The molecule has 94 valence electrons. The van der Waals surface area contributed by atoms with Gasteiger partial charge in [0.05, 0.1) is 22.3 Å². The van der Waals surface area contributed by atoms with Crippen molar-refractivity contribution in [2.75, 3.05) is 0 Å². The zero-order valence-electron chi connectivity index (χ0n) is 10.3. The molecule has 2 heterocycles. The Morgan fingerprint density at radius 3 is 2.79 bits per heavy atom. The molecule has 0 spiro atoms. The Balaban J connectivity index is 2.47. The van der Waals surface area contributed by atoms with Gasteiger partial charge in [0, 0.05) is 6.20 Å². The Kier molecular flexibility index (Phi) is 2.76. The lowest BCUT2D eigenvalue weighted by molar-refractivity contribution is 0.916. The summed E-state index contributed by atoms with van der Waals surface area (Å²) in [5, 5.41) is 0.611. The fourth-order valence-electron chi connectivity index (χ4n) is 2.09. The van der Waals surface area contributed by atoms with Gasteiger partial charge in [-0.15, -0.1) is 0 Å². The summed E-state index contributed by atoms with van der Waals surface area (Å²) in [6.45, 7) is 1.85. The van der Waals surface area contributed by atoms with E-state index in [9.17, 15) is 4.79 Å². The second-order valence-electron chi connectivity index (χ2n) is 4.22. The molecule has 0 radical (unpaired) electrons. The SMILES string of the molecule is Cc1ncccc1-n1c(=S)[nH]c2ccccc2c1=O. The second-order valence-corrected chi connectivity index (χ2v) is 4.61. The lowest BCUT2D eigenvalue weighted by Crippen LogP contribution is -2.21. The molecule has 0 aliphatic carbocycles. The molecular weight excluding hydrogens is 258 g/mol. The zero-order valence-corrected chi connectivity index (χ0v) is 11.1. The van der Waals surface area contributed by atoms with E-state index in [1.165, 1.54) is 4.57 Å². The second kappa shape index (κ2) is 4.44. The van der Waals surface area contributed by atoms with Gasteiger partial charge in [0.1, 0.15) is 0 Å². The highest BCUT2D eigenvalue weighted by atomic mass is 32.1. The summed E-state index contributed by atoms with van der Waals surface area (Å²) >= 11 is 5.29. The van der Waals surface area contributed by atoms with Crippen LogP contribution in [0.4, 0.5) is 0 Å². The Morgan fingerprint density at radius 1 is 1.21 bits per heavy atom. The van der Waals surface area contributed by atoms with Crippen LogP contribution in [-0.2, 0) is 0 Å². The fraction of sp³-hybridized carbons (Fsp3) is 0.0714. The summed E-state index contributed by atoms with van der Waals surface area (Å²) < 4.78 is 1.86. The Labute approximate surface area is 114 Å². The molecule has 5 heteroatoms. The van der Waals surface area contributed by atoms with E-state index >= 15 is 0 Å². The summed E-state index contributed by atoms with van der Waals surface area (Å²) in [6.07, 6.45) is 1.69. The number of aryl methyl sites for hydroxylation is 1. The monoisotopic (exact) mass is 269 g/mol. The molecular formula is C14H11N3OS. The van der Waals surface area contributed by atoms with Crippen molar-refractivity contribution in [3.63, 3.8) is 0 Å². The molecule has 3 aromatic rings. The van der Waals surface area contributed by atoms with Gasteiger partial charge in [-0.25, -0.2) is 0 Å². The molecule has 0 aliphatic heterocycles. The van der Waals surface area contributed by atoms with E-state index in [2.05, 4.69) is 9.97 Å². The summed E-state index contributed by atoms with van der Waals surface area (Å²) in [6, 6.07) is 11.0. The van der Waals surface area contributed by atoms with Gasteiger partial charge in [0.25, 0.3) is 5.56 Å². The first-order valence-corrected chi connectivity index (χ1v) is 6.25. The topological polar surface area (TPSA) is 50.7 Å². The van der Waals surface area contributed by atoms with Crippen LogP contribution in [0.5, 0.6) is 0 Å². The van der Waals surface area contributed by atoms with Crippen molar-refractivity contribution < 1.29 is 0 Å². The van der Waals surface area contributed by atoms with E-state index in [1.807, 2.05) is 31.2 Å². The van der Waals surface area contributed by atoms with Crippen molar-refractivity contribution in [1.29, 1.82) is 0 Å². The highest BCUT2D eigenvalue weighted by Crippen LogP contribution is 2.12. The molecule has 0 unspecified atom stereocenters. The number of hydrogen-bond acceptors (Lipinski definition) is 3. The lowest BCUT2D eigenvalue weighted by Gasteiger charge is -2.09. The van der Waals surface area contributed by atoms with Gasteiger partial charge < -0.3 is 4.98 Å². The number of benzene rings is 1. The van der Waals surface area contributed by atoms with Crippen molar-refractivity contribution in [3.05, 3.63) is 63.4 Å². The van der Waals surface area contributed by atoms with Crippen molar-refractivity contribution in [1.82, 2.24) is 14.5 Å². The third-order valence-electron chi connectivity index (χ3n) is 3.03. The number of para-hydroxylation sites is 1. The van der Waals surface area contributed by atoms with E-state index in [0.717, 1.165) is 11.2 Å². The highest BCUT2D eigenvalue weighted by Gasteiger charge is 2.09. The number of rotatable bonds is 1. The summed E-state index contributed by atoms with van der Waals surface area (Å²) in [4.78, 5) is 19.8. The van der Waals surface area contributed by atoms with Crippen LogP contribution in [0, 0.1) is 11.7 Å². The minimum atomic E-state index is -0.129. The summed E-state index contributed by atoms with van der Waals surface area (Å²) in [7, 11) is 0. The molecule has 19 heavy (non-hydrogen) atoms. The van der Waals surface area contributed by atoms with Crippen LogP contribution in [-0.4, -0.2) is 14.5 Å². The van der Waals surface area contributed by atoms with Gasteiger partial charge in [-0.2, -0.15) is 0 Å². The molecule has 0 saturated carbocycles. The van der Waals surface area contributed by atoms with Crippen LogP contribution in [0.25, 0.3) is 16.6 Å². The van der Waals surface area contributed by atoms with Gasteiger partial charge in [0.15, 0.2) is 4.77 Å². The van der Waals surface area contributed by atoms with E-state index in [1.54, 1.807) is 18.3 Å². The number of pyridine rings is 1. The van der Waals surface area contributed by atoms with E-state index in [4.69, 9.17) is 12.2 Å². The predicted octanol–water partition coefficient (Wildman–Crippen LogP) is 2.75. The number of nitrogens with one attached hydrogen (secondary N) is 1. The third-order valence-corrected chi connectivity index (χ3v) is 3.31. The number of nitrogens with zero attached hydrogens (tertiary/aromatic N) is 2. The number of H-pyrrole nitrogens is 1. The maximum atomic E-state index is 12.6. The van der Waals surface area contributed by atoms with Crippen LogP contribution in [0.3, 0.4) is 0 Å². The Hall–Kier alpha value is -2.27. The van der Waals surface area contributed by atoms with E-state index in [-0.39, 0.29) is 5.56 Å². The first-order valence-electron chi connectivity index (χ1n) is 5.84. The van der Waals surface area contributed by atoms with E-state index < -0.39 is 0 Å². The van der Waals surface area contributed by atoms with Gasteiger partial charge in [-0.1, -0.05) is 12.1 Å². The maximum Gasteiger partial charge on any atom is 0.266 e. The molecule has 0 aliphatic rings. The number of hydrogen-bond donors (Lipinski definition) is 1. The Morgan fingerprint density at radius 2 is 2.00 bits per heavy atom. The van der Waals surface area contributed by atoms with Crippen LogP contribution in [0.1, 0.15) is 5.69 Å². The molecule has 1 N–H and O–H groups in total. The quantitative estimate of drug-likeness (QED) is 0.691. The zero-order chi connectivity index (χ0) is 13.4. The van der Waals surface area contributed by atoms with Crippen LogP contribution in [0.2, 0.25) is 0 Å². The van der Waals surface area contributed by atoms with Gasteiger partial charge in [-0.05, 0) is 43.4 Å². The largest absolute Gasteiger partial charge is 0.331 e. The number of aromatic nitrogens is 3. The molecule has 2 aromatic heterocycles. The predicted molar refractivity (Wildman–Crippen MR) is 77.3 cm³/mol. The third kappa shape index (κ3) is 1.88. The maximum absolute atomic E-state index is 12.6. The fourth-order valence-corrected chi connectivity index (χ4v) is 2.38. The first kappa shape index (κ1) is 11.8. The first-order chi connectivity index (χ1) is 9.18. The van der Waals surface area contributed by atoms with Crippen LogP contribution < -0.4 is 5.56 Å². The lowest BCUT2D eigenvalue weighted by atomic mass is 10.2. The Bertz CT molecular complexity index is 879. The minimum Gasteiger partial charge on any atom is -0.331 e. The van der Waals surface area contributed by atoms with Crippen molar-refractivity contribution in [3.8, 4) is 5.69 Å². The molecule has 0 amide bonds. The molecule has 4 nitrogen and oxygen atoms in total. The average Bonchev–Trinajstić information content (AvgIpc) is 2.41. The van der Waals surface area contributed by atoms with Gasteiger partial charge in [0.2, 0.25) is 0 Å². The number of fused-ring (bicyclic) bond motifs is 1. The highest BCUT2D eigenvalue weighted by molar-refractivity contribution is 7.71. The molecule has 0 saturated heterocycles. The summed E-state index contributed by atoms with van der Waals surface area (Å²) in [5.41, 5.74) is 2.09. The smallest absolute Gasteiger partial charge is 0.266 e. The van der Waals surface area contributed by atoms with Crippen molar-refractivity contribution >= 4 is 23.1 Å². The molecule has 3 rings (SSSR count). The van der Waals surface area contributed by atoms with Crippen molar-refractivity contribution in [2.45, 2.75) is 6.92 Å². The normalized spacial score (nSPS) is 10.8. The van der Waals surface area contributed by atoms with Crippen molar-refractivity contribution in [2.24, 2.45) is 0 Å². The number of aromatic amines is 1. The molecule has 0 fully saturated rings. The molecule has 1 aromatic carbocycles. The van der Waals surface area contributed by atoms with Gasteiger partial charge >= 0.3 is 0 Å². The van der Waals surface area contributed by atoms with Crippen LogP contribution >= 0.6 is 12.2 Å². The minimum absolute atomic E-state index is 0.129.